The number of halogens is 1. The molecule has 1 fully saturated rings. The first-order valence-electron chi connectivity index (χ1n) is 4.90. The molecule has 14 heavy (non-hydrogen) atoms. The van der Waals surface area contributed by atoms with E-state index >= 15 is 0 Å². The summed E-state index contributed by atoms with van der Waals surface area (Å²) >= 11 is 5.82. The number of hydrazine groups is 2. The van der Waals surface area contributed by atoms with Crippen LogP contribution in [0, 0.1) is 0 Å². The largest absolute Gasteiger partial charge is 0.301 e. The first kappa shape index (κ1) is 11.7. The Kier molecular flexibility index (Phi) is 4.60. The van der Waals surface area contributed by atoms with Crippen molar-refractivity contribution in [2.75, 3.05) is 6.54 Å². The number of nitrogens with zero attached hydrogens (tertiary/aromatic N) is 2. The molecule has 0 amide bonds. The molecule has 1 aliphatic heterocycles. The SMILES string of the molecule is CCNC1CC(=NC(C)C)NN(Cl)N1. The van der Waals surface area contributed by atoms with E-state index in [-0.39, 0.29) is 12.2 Å². The van der Waals surface area contributed by atoms with Gasteiger partial charge < -0.3 is 5.32 Å². The Bertz CT molecular complexity index is 206. The van der Waals surface area contributed by atoms with Crippen LogP contribution in [0.2, 0.25) is 0 Å². The van der Waals surface area contributed by atoms with Crippen LogP contribution in [0.15, 0.2) is 4.99 Å². The average molecular weight is 220 g/mol. The number of hydrogen-bond acceptors (Lipinski definition) is 4. The van der Waals surface area contributed by atoms with Gasteiger partial charge in [-0.25, -0.2) is 5.43 Å². The van der Waals surface area contributed by atoms with Gasteiger partial charge in [-0.3, -0.25) is 10.4 Å². The summed E-state index contributed by atoms with van der Waals surface area (Å²) in [6, 6.07) is 0.281. The molecule has 0 spiro atoms. The maximum Gasteiger partial charge on any atom is 0.116 e. The van der Waals surface area contributed by atoms with Crippen molar-refractivity contribution in [2.45, 2.75) is 39.4 Å². The lowest BCUT2D eigenvalue weighted by atomic mass is 10.3. The molecule has 3 N–H and O–H groups in total. The molecule has 0 aromatic rings. The molecule has 0 radical (unpaired) electrons. The third kappa shape index (κ3) is 3.79. The molecular formula is C8H18ClN5. The minimum absolute atomic E-state index is 0.149. The molecule has 5 nitrogen and oxygen atoms in total. The van der Waals surface area contributed by atoms with Crippen LogP contribution in [0.4, 0.5) is 0 Å². The predicted molar refractivity (Wildman–Crippen MR) is 58.6 cm³/mol. The molecule has 0 bridgehead atoms. The van der Waals surface area contributed by atoms with E-state index in [4.69, 9.17) is 11.8 Å². The fourth-order valence-electron chi connectivity index (χ4n) is 1.32. The number of amidine groups is 1. The van der Waals surface area contributed by atoms with Crippen LogP contribution in [-0.4, -0.2) is 29.2 Å². The number of nitrogens with one attached hydrogen (secondary N) is 3. The molecule has 6 heteroatoms. The van der Waals surface area contributed by atoms with Gasteiger partial charge in [-0.1, -0.05) is 11.6 Å². The van der Waals surface area contributed by atoms with Crippen molar-refractivity contribution in [3.63, 3.8) is 0 Å². The zero-order valence-electron chi connectivity index (χ0n) is 8.84. The van der Waals surface area contributed by atoms with Crippen molar-refractivity contribution in [1.29, 1.82) is 0 Å². The maximum atomic E-state index is 5.82. The summed E-state index contributed by atoms with van der Waals surface area (Å²) in [4.78, 5) is 4.42. The van der Waals surface area contributed by atoms with E-state index in [2.05, 4.69) is 28.1 Å². The quantitative estimate of drug-likeness (QED) is 0.609. The standard InChI is InChI=1S/C8H18ClN5/c1-4-10-7-5-8(11-6(2)3)13-14(9)12-7/h6-7,10,12H,4-5H2,1-3H3,(H,11,13). The summed E-state index contributed by atoms with van der Waals surface area (Å²) in [5, 5.41) is 3.26. The Labute approximate surface area is 89.9 Å². The molecule has 1 aliphatic rings. The van der Waals surface area contributed by atoms with E-state index < -0.39 is 0 Å². The van der Waals surface area contributed by atoms with Crippen LogP contribution in [0.5, 0.6) is 0 Å². The third-order valence-electron chi connectivity index (χ3n) is 1.76. The van der Waals surface area contributed by atoms with E-state index in [1.54, 1.807) is 0 Å². The van der Waals surface area contributed by atoms with E-state index in [9.17, 15) is 0 Å². The van der Waals surface area contributed by atoms with Gasteiger partial charge in [-0.2, -0.15) is 0 Å². The second kappa shape index (κ2) is 5.50. The van der Waals surface area contributed by atoms with Gasteiger partial charge in [0.15, 0.2) is 0 Å². The van der Waals surface area contributed by atoms with E-state index in [1.807, 2.05) is 13.8 Å². The normalized spacial score (nSPS) is 26.9. The van der Waals surface area contributed by atoms with Crippen LogP contribution < -0.4 is 16.2 Å². The molecule has 1 heterocycles. The van der Waals surface area contributed by atoms with Crippen molar-refractivity contribution in [3.8, 4) is 0 Å². The van der Waals surface area contributed by atoms with Crippen molar-refractivity contribution in [1.82, 2.24) is 20.8 Å². The average Bonchev–Trinajstić information content (AvgIpc) is 2.01. The highest BCUT2D eigenvalue weighted by Crippen LogP contribution is 2.02. The molecule has 1 atom stereocenters. The Hall–Kier alpha value is -0.360. The topological polar surface area (TPSA) is 51.7 Å². The van der Waals surface area contributed by atoms with Gasteiger partial charge in [-0.15, -0.1) is 0 Å². The monoisotopic (exact) mass is 219 g/mol. The highest BCUT2D eigenvalue weighted by molar-refractivity contribution is 6.13. The number of hydrogen-bond donors (Lipinski definition) is 3. The molecule has 0 aliphatic carbocycles. The summed E-state index contributed by atoms with van der Waals surface area (Å²) < 4.78 is 1.32. The summed E-state index contributed by atoms with van der Waals surface area (Å²) in [7, 11) is 0. The van der Waals surface area contributed by atoms with Gasteiger partial charge in [0.25, 0.3) is 0 Å². The maximum absolute atomic E-state index is 5.82. The van der Waals surface area contributed by atoms with Gasteiger partial charge in [0.1, 0.15) is 5.84 Å². The van der Waals surface area contributed by atoms with E-state index in [0.717, 1.165) is 18.8 Å². The van der Waals surface area contributed by atoms with Crippen molar-refractivity contribution < 1.29 is 0 Å². The second-order valence-electron chi connectivity index (χ2n) is 3.51. The fourth-order valence-corrected chi connectivity index (χ4v) is 1.54. The lowest BCUT2D eigenvalue weighted by Crippen LogP contribution is -2.60. The smallest absolute Gasteiger partial charge is 0.116 e. The summed E-state index contributed by atoms with van der Waals surface area (Å²) in [5.41, 5.74) is 5.95. The molecule has 1 rings (SSSR count). The highest BCUT2D eigenvalue weighted by atomic mass is 35.5. The molecule has 82 valence electrons. The molecule has 0 saturated carbocycles. The van der Waals surface area contributed by atoms with Crippen LogP contribution >= 0.6 is 11.8 Å². The second-order valence-corrected chi connectivity index (χ2v) is 3.84. The summed E-state index contributed by atoms with van der Waals surface area (Å²) in [6.45, 7) is 7.04. The fraction of sp³-hybridized carbons (Fsp3) is 0.875. The Morgan fingerprint density at radius 3 is 3.00 bits per heavy atom. The summed E-state index contributed by atoms with van der Waals surface area (Å²) in [6.07, 6.45) is 0.964. The third-order valence-corrected chi connectivity index (χ3v) is 1.94. The first-order valence-corrected chi connectivity index (χ1v) is 5.24. The minimum atomic E-state index is 0.149. The molecular weight excluding hydrogens is 202 g/mol. The highest BCUT2D eigenvalue weighted by Gasteiger charge is 2.20. The number of rotatable bonds is 3. The predicted octanol–water partition coefficient (Wildman–Crippen LogP) is 0.598. The van der Waals surface area contributed by atoms with E-state index in [1.165, 1.54) is 4.64 Å². The van der Waals surface area contributed by atoms with Gasteiger partial charge in [0, 0.05) is 24.2 Å². The Morgan fingerprint density at radius 2 is 2.43 bits per heavy atom. The van der Waals surface area contributed by atoms with Gasteiger partial charge in [0.05, 0.1) is 6.17 Å². The van der Waals surface area contributed by atoms with Gasteiger partial charge >= 0.3 is 0 Å². The van der Waals surface area contributed by atoms with Crippen LogP contribution in [0.1, 0.15) is 27.2 Å². The lowest BCUT2D eigenvalue weighted by Gasteiger charge is -2.31. The summed E-state index contributed by atoms with van der Waals surface area (Å²) in [5.74, 6) is 0.903. The first-order chi connectivity index (χ1) is 6.61. The van der Waals surface area contributed by atoms with Crippen molar-refractivity contribution in [3.05, 3.63) is 0 Å². The van der Waals surface area contributed by atoms with Crippen LogP contribution in [0.25, 0.3) is 0 Å². The Balaban J connectivity index is 2.53. The van der Waals surface area contributed by atoms with Gasteiger partial charge in [-0.05, 0) is 20.4 Å². The zero-order chi connectivity index (χ0) is 10.6. The van der Waals surface area contributed by atoms with Crippen molar-refractivity contribution in [2.24, 2.45) is 4.99 Å². The number of aliphatic imine (C=N–C) groups is 1. The molecule has 0 aromatic carbocycles. The van der Waals surface area contributed by atoms with Gasteiger partial charge in [0.2, 0.25) is 0 Å². The molecule has 1 unspecified atom stereocenters. The zero-order valence-corrected chi connectivity index (χ0v) is 9.60. The molecule has 0 aromatic heterocycles. The van der Waals surface area contributed by atoms with Crippen LogP contribution in [0.3, 0.4) is 0 Å². The Morgan fingerprint density at radius 1 is 1.71 bits per heavy atom. The van der Waals surface area contributed by atoms with Crippen molar-refractivity contribution >= 4 is 17.6 Å². The van der Waals surface area contributed by atoms with Crippen LogP contribution in [-0.2, 0) is 0 Å². The molecule has 1 saturated heterocycles. The minimum Gasteiger partial charge on any atom is -0.301 e. The lowest BCUT2D eigenvalue weighted by molar-refractivity contribution is 0.203. The van der Waals surface area contributed by atoms with E-state index in [0.29, 0.717) is 0 Å².